The average Bonchev–Trinajstić information content (AvgIpc) is 2.65. The summed E-state index contributed by atoms with van der Waals surface area (Å²) in [7, 11) is 1.63. The molecule has 2 aromatic carbocycles. The van der Waals surface area contributed by atoms with Crippen molar-refractivity contribution in [2.24, 2.45) is 0 Å². The quantitative estimate of drug-likeness (QED) is 0.670. The topological polar surface area (TPSA) is 63.2 Å². The molecule has 0 saturated carbocycles. The summed E-state index contributed by atoms with van der Waals surface area (Å²) in [6.07, 6.45) is 1.62. The third-order valence-electron chi connectivity index (χ3n) is 4.29. The first-order chi connectivity index (χ1) is 13.0. The van der Waals surface area contributed by atoms with Gasteiger partial charge in [-0.05, 0) is 68.3 Å². The van der Waals surface area contributed by atoms with E-state index in [1.54, 1.807) is 19.4 Å². The predicted octanol–water partition coefficient (Wildman–Crippen LogP) is 5.01. The Labute approximate surface area is 159 Å². The normalized spacial score (nSPS) is 10.4. The molecule has 0 fully saturated rings. The van der Waals surface area contributed by atoms with Gasteiger partial charge in [0.25, 0.3) is 5.91 Å². The molecule has 3 rings (SSSR count). The number of methoxy groups -OCH3 is 1. The lowest BCUT2D eigenvalue weighted by molar-refractivity contribution is 0.102. The number of hydrogen-bond acceptors (Lipinski definition) is 4. The summed E-state index contributed by atoms with van der Waals surface area (Å²) in [4.78, 5) is 16.9. The highest BCUT2D eigenvalue weighted by Crippen LogP contribution is 2.23. The second kappa shape index (κ2) is 7.91. The number of anilines is 3. The van der Waals surface area contributed by atoms with Crippen molar-refractivity contribution in [2.45, 2.75) is 20.8 Å². The smallest absolute Gasteiger partial charge is 0.274 e. The third-order valence-corrected chi connectivity index (χ3v) is 4.29. The minimum absolute atomic E-state index is 0.233. The van der Waals surface area contributed by atoms with Crippen molar-refractivity contribution >= 4 is 23.0 Å². The Kier molecular flexibility index (Phi) is 5.41. The lowest BCUT2D eigenvalue weighted by Crippen LogP contribution is -2.15. The van der Waals surface area contributed by atoms with Crippen molar-refractivity contribution in [1.29, 1.82) is 0 Å². The molecule has 0 aliphatic rings. The first kappa shape index (κ1) is 18.5. The average molecular weight is 361 g/mol. The lowest BCUT2D eigenvalue weighted by Gasteiger charge is -2.13. The SMILES string of the molecule is COc1ccc(Nc2ccnc(C(=O)Nc3c(C)cc(C)cc3C)c2)cc1. The van der Waals surface area contributed by atoms with Gasteiger partial charge in [-0.15, -0.1) is 0 Å². The van der Waals surface area contributed by atoms with Crippen LogP contribution in [-0.2, 0) is 0 Å². The summed E-state index contributed by atoms with van der Waals surface area (Å²) >= 11 is 0. The largest absolute Gasteiger partial charge is 0.497 e. The molecular formula is C22H23N3O2. The van der Waals surface area contributed by atoms with Crippen molar-refractivity contribution in [3.05, 3.63) is 77.1 Å². The van der Waals surface area contributed by atoms with E-state index >= 15 is 0 Å². The van der Waals surface area contributed by atoms with Gasteiger partial charge >= 0.3 is 0 Å². The maximum Gasteiger partial charge on any atom is 0.274 e. The molecule has 2 N–H and O–H groups in total. The van der Waals surface area contributed by atoms with Gasteiger partial charge < -0.3 is 15.4 Å². The Morgan fingerprint density at radius 3 is 2.22 bits per heavy atom. The number of aryl methyl sites for hydroxylation is 3. The molecule has 3 aromatic rings. The van der Waals surface area contributed by atoms with Crippen molar-refractivity contribution in [2.75, 3.05) is 17.7 Å². The van der Waals surface area contributed by atoms with Crippen LogP contribution >= 0.6 is 0 Å². The van der Waals surface area contributed by atoms with E-state index in [0.29, 0.717) is 5.69 Å². The summed E-state index contributed by atoms with van der Waals surface area (Å²) in [5.74, 6) is 0.558. The van der Waals surface area contributed by atoms with Gasteiger partial charge in [0.05, 0.1) is 7.11 Å². The van der Waals surface area contributed by atoms with E-state index in [2.05, 4.69) is 27.8 Å². The van der Waals surface area contributed by atoms with Crippen LogP contribution in [0.3, 0.4) is 0 Å². The molecular weight excluding hydrogens is 338 g/mol. The van der Waals surface area contributed by atoms with E-state index in [9.17, 15) is 4.79 Å². The highest BCUT2D eigenvalue weighted by molar-refractivity contribution is 6.04. The summed E-state index contributed by atoms with van der Waals surface area (Å²) in [5.41, 5.74) is 6.12. The number of benzene rings is 2. The van der Waals surface area contributed by atoms with Crippen LogP contribution in [0.5, 0.6) is 5.75 Å². The summed E-state index contributed by atoms with van der Waals surface area (Å²) in [6.45, 7) is 6.02. The molecule has 0 bridgehead atoms. The van der Waals surface area contributed by atoms with Gasteiger partial charge in [0, 0.05) is 23.3 Å². The van der Waals surface area contributed by atoms with E-state index < -0.39 is 0 Å². The Hall–Kier alpha value is -3.34. The van der Waals surface area contributed by atoms with Crippen LogP contribution in [-0.4, -0.2) is 18.0 Å². The van der Waals surface area contributed by atoms with Crippen LogP contribution in [0.25, 0.3) is 0 Å². The zero-order valence-electron chi connectivity index (χ0n) is 16.0. The van der Waals surface area contributed by atoms with Crippen LogP contribution < -0.4 is 15.4 Å². The number of pyridine rings is 1. The number of hydrogen-bond donors (Lipinski definition) is 2. The van der Waals surface area contributed by atoms with Crippen molar-refractivity contribution in [1.82, 2.24) is 4.98 Å². The van der Waals surface area contributed by atoms with Gasteiger partial charge in [-0.3, -0.25) is 9.78 Å². The molecule has 1 heterocycles. The molecule has 0 aliphatic heterocycles. The summed E-state index contributed by atoms with van der Waals surface area (Å²) in [6, 6.07) is 15.2. The van der Waals surface area contributed by atoms with Gasteiger partial charge in [0.1, 0.15) is 11.4 Å². The van der Waals surface area contributed by atoms with Gasteiger partial charge in [0.2, 0.25) is 0 Å². The zero-order chi connectivity index (χ0) is 19.4. The molecule has 0 atom stereocenters. The van der Waals surface area contributed by atoms with Crippen molar-refractivity contribution in [3.63, 3.8) is 0 Å². The zero-order valence-corrected chi connectivity index (χ0v) is 16.0. The highest BCUT2D eigenvalue weighted by atomic mass is 16.5. The molecule has 0 unspecified atom stereocenters. The number of rotatable bonds is 5. The minimum Gasteiger partial charge on any atom is -0.497 e. The fraction of sp³-hybridized carbons (Fsp3) is 0.182. The van der Waals surface area contributed by atoms with Gasteiger partial charge in [-0.2, -0.15) is 0 Å². The van der Waals surface area contributed by atoms with E-state index in [1.165, 1.54) is 5.56 Å². The van der Waals surface area contributed by atoms with Gasteiger partial charge in [0.15, 0.2) is 0 Å². The Bertz CT molecular complexity index is 943. The van der Waals surface area contributed by atoms with Crippen LogP contribution in [0.4, 0.5) is 17.1 Å². The van der Waals surface area contributed by atoms with Crippen LogP contribution in [0.1, 0.15) is 27.2 Å². The van der Waals surface area contributed by atoms with Crippen molar-refractivity contribution in [3.8, 4) is 5.75 Å². The lowest BCUT2D eigenvalue weighted by atomic mass is 10.0. The van der Waals surface area contributed by atoms with Crippen LogP contribution in [0.15, 0.2) is 54.7 Å². The molecule has 138 valence electrons. The number of aromatic nitrogens is 1. The van der Waals surface area contributed by atoms with Gasteiger partial charge in [-0.25, -0.2) is 0 Å². The summed E-state index contributed by atoms with van der Waals surface area (Å²) in [5, 5.41) is 6.25. The number of nitrogens with one attached hydrogen (secondary N) is 2. The third kappa shape index (κ3) is 4.44. The first-order valence-corrected chi connectivity index (χ1v) is 8.72. The first-order valence-electron chi connectivity index (χ1n) is 8.72. The maximum atomic E-state index is 12.7. The fourth-order valence-electron chi connectivity index (χ4n) is 3.03. The van der Waals surface area contributed by atoms with E-state index in [1.807, 2.05) is 51.1 Å². The monoisotopic (exact) mass is 361 g/mol. The summed E-state index contributed by atoms with van der Waals surface area (Å²) < 4.78 is 5.16. The molecule has 5 heteroatoms. The second-order valence-electron chi connectivity index (χ2n) is 6.51. The number of ether oxygens (including phenoxy) is 1. The van der Waals surface area contributed by atoms with Crippen LogP contribution in [0, 0.1) is 20.8 Å². The molecule has 0 saturated heterocycles. The number of amides is 1. The molecule has 5 nitrogen and oxygen atoms in total. The standard InChI is InChI=1S/C22H23N3O2/c1-14-11-15(2)21(16(3)12-14)25-22(26)20-13-18(9-10-23-20)24-17-5-7-19(27-4)8-6-17/h5-13H,1-4H3,(H,23,24)(H,25,26). The predicted molar refractivity (Wildman–Crippen MR) is 109 cm³/mol. The molecule has 0 radical (unpaired) electrons. The second-order valence-corrected chi connectivity index (χ2v) is 6.51. The van der Waals surface area contributed by atoms with Gasteiger partial charge in [-0.1, -0.05) is 17.7 Å². The van der Waals surface area contributed by atoms with Crippen molar-refractivity contribution < 1.29 is 9.53 Å². The highest BCUT2D eigenvalue weighted by Gasteiger charge is 2.12. The Balaban J connectivity index is 1.77. The van der Waals surface area contributed by atoms with E-state index in [0.717, 1.165) is 33.9 Å². The minimum atomic E-state index is -0.233. The molecule has 0 spiro atoms. The van der Waals surface area contributed by atoms with Crippen LogP contribution in [0.2, 0.25) is 0 Å². The maximum absolute atomic E-state index is 12.7. The fourth-order valence-corrected chi connectivity index (χ4v) is 3.03. The van der Waals surface area contributed by atoms with E-state index in [-0.39, 0.29) is 5.91 Å². The molecule has 1 aromatic heterocycles. The number of nitrogens with zero attached hydrogens (tertiary/aromatic N) is 1. The molecule has 1 amide bonds. The van der Waals surface area contributed by atoms with E-state index in [4.69, 9.17) is 4.74 Å². The molecule has 27 heavy (non-hydrogen) atoms. The number of carbonyl (C=O) groups is 1. The Morgan fingerprint density at radius 1 is 0.926 bits per heavy atom. The molecule has 0 aliphatic carbocycles. The number of carbonyl (C=O) groups excluding carboxylic acids is 1. The Morgan fingerprint density at radius 2 is 1.59 bits per heavy atom.